The quantitative estimate of drug-likeness (QED) is 0.219. The van der Waals surface area contributed by atoms with Gasteiger partial charge in [0.25, 0.3) is 11.6 Å². The molecule has 0 aliphatic carbocycles. The number of nitrogens with zero attached hydrogens (tertiary/aromatic N) is 3. The van der Waals surface area contributed by atoms with E-state index in [0.29, 0.717) is 11.3 Å². The molecule has 3 aromatic carbocycles. The van der Waals surface area contributed by atoms with Crippen molar-refractivity contribution in [2.75, 3.05) is 4.90 Å². The molecule has 36 heavy (non-hydrogen) atoms. The van der Waals surface area contributed by atoms with Crippen LogP contribution in [0.4, 0.5) is 11.4 Å². The molecule has 1 saturated heterocycles. The Kier molecular flexibility index (Phi) is 7.47. The van der Waals surface area contributed by atoms with E-state index in [-0.39, 0.29) is 35.2 Å². The van der Waals surface area contributed by atoms with Crippen molar-refractivity contribution < 1.29 is 14.5 Å². The van der Waals surface area contributed by atoms with Gasteiger partial charge in [0.1, 0.15) is 16.7 Å². The molecule has 4 rings (SSSR count). The third kappa shape index (κ3) is 5.45. The molecule has 0 unspecified atom stereocenters. The Bertz CT molecular complexity index is 1380. The maximum absolute atomic E-state index is 13.5. The van der Waals surface area contributed by atoms with E-state index >= 15 is 0 Å². The average molecular weight is 499 g/mol. The Morgan fingerprint density at radius 2 is 1.78 bits per heavy atom. The van der Waals surface area contributed by atoms with Crippen LogP contribution in [-0.4, -0.2) is 22.0 Å². The van der Waals surface area contributed by atoms with Crippen LogP contribution in [0.2, 0.25) is 0 Å². The zero-order chi connectivity index (χ0) is 25.7. The van der Waals surface area contributed by atoms with Gasteiger partial charge in [-0.1, -0.05) is 71.9 Å². The Morgan fingerprint density at radius 1 is 1.08 bits per heavy atom. The van der Waals surface area contributed by atoms with E-state index in [1.54, 1.807) is 24.3 Å². The number of benzene rings is 3. The smallest absolute Gasteiger partial charge is 0.269 e. The zero-order valence-corrected chi connectivity index (χ0v) is 20.2. The van der Waals surface area contributed by atoms with Crippen molar-refractivity contribution in [1.82, 2.24) is 5.32 Å². The van der Waals surface area contributed by atoms with Gasteiger partial charge in [0, 0.05) is 24.4 Å². The number of rotatable bonds is 7. The van der Waals surface area contributed by atoms with Gasteiger partial charge in [-0.2, -0.15) is 5.26 Å². The molecule has 3 aromatic rings. The molecule has 0 aromatic heterocycles. The van der Waals surface area contributed by atoms with Gasteiger partial charge in [-0.3, -0.25) is 24.6 Å². The molecule has 2 amide bonds. The zero-order valence-electron chi connectivity index (χ0n) is 19.4. The van der Waals surface area contributed by atoms with Crippen LogP contribution in [0.25, 0.3) is 0 Å². The van der Waals surface area contributed by atoms with E-state index in [9.17, 15) is 25.0 Å². The summed E-state index contributed by atoms with van der Waals surface area (Å²) < 4.78 is 0. The Hall–Kier alpha value is -4.42. The number of aryl methyl sites for hydroxylation is 1. The normalized spacial score (nSPS) is 16.4. The van der Waals surface area contributed by atoms with E-state index in [4.69, 9.17) is 0 Å². The molecule has 0 spiro atoms. The van der Waals surface area contributed by atoms with Crippen LogP contribution in [0.15, 0.2) is 89.5 Å². The second-order valence-corrected chi connectivity index (χ2v) is 9.40. The first-order valence-electron chi connectivity index (χ1n) is 11.1. The molecule has 0 radical (unpaired) electrons. The first-order valence-corrected chi connectivity index (χ1v) is 12.0. The summed E-state index contributed by atoms with van der Waals surface area (Å²) in [5.41, 5.74) is 2.81. The van der Waals surface area contributed by atoms with E-state index in [1.165, 1.54) is 17.0 Å². The topological polar surface area (TPSA) is 116 Å². The number of carbonyl (C=O) groups is 2. The van der Waals surface area contributed by atoms with Gasteiger partial charge in [0.05, 0.1) is 10.2 Å². The van der Waals surface area contributed by atoms with Gasteiger partial charge in [-0.15, -0.1) is 0 Å². The molecule has 1 aliphatic heterocycles. The van der Waals surface area contributed by atoms with E-state index < -0.39 is 16.1 Å². The molecular formula is C27H22N4O4S. The molecule has 1 atom stereocenters. The number of nitro groups is 1. The third-order valence-corrected chi connectivity index (χ3v) is 6.90. The summed E-state index contributed by atoms with van der Waals surface area (Å²) in [4.78, 5) is 38.7. The summed E-state index contributed by atoms with van der Waals surface area (Å²) in [6, 6.07) is 24.6. The maximum atomic E-state index is 13.5. The molecule has 1 fully saturated rings. The number of amides is 2. The van der Waals surface area contributed by atoms with E-state index in [0.717, 1.165) is 22.9 Å². The number of nitrogens with one attached hydrogen (secondary N) is 1. The number of hydrogen-bond acceptors (Lipinski definition) is 6. The third-order valence-electron chi connectivity index (χ3n) is 5.64. The highest BCUT2D eigenvalue weighted by molar-refractivity contribution is 8.05. The first kappa shape index (κ1) is 24.7. The van der Waals surface area contributed by atoms with Crippen LogP contribution in [-0.2, 0) is 22.6 Å². The predicted molar refractivity (Wildman–Crippen MR) is 138 cm³/mol. The monoisotopic (exact) mass is 498 g/mol. The number of thioether (sulfide) groups is 1. The second-order valence-electron chi connectivity index (χ2n) is 8.21. The van der Waals surface area contributed by atoms with Crippen LogP contribution in [0.3, 0.4) is 0 Å². The molecule has 0 saturated carbocycles. The number of nitro benzene ring substituents is 1. The van der Waals surface area contributed by atoms with Gasteiger partial charge in [-0.05, 0) is 36.6 Å². The minimum atomic E-state index is -0.659. The molecule has 9 heteroatoms. The summed E-state index contributed by atoms with van der Waals surface area (Å²) in [5.74, 6) is -0.876. The SMILES string of the molecule is Cc1ccc(N2C(=O)[C@H](Cc3cccc([N+](=O)[O-])c3)S/C2=C(\C#N)C(=O)NCc2ccccc2)cc1. The molecule has 1 N–H and O–H groups in total. The lowest BCUT2D eigenvalue weighted by Crippen LogP contribution is -2.32. The summed E-state index contributed by atoms with van der Waals surface area (Å²) >= 11 is 1.12. The Labute approximate surface area is 212 Å². The van der Waals surface area contributed by atoms with Crippen molar-refractivity contribution >= 4 is 35.0 Å². The number of carbonyl (C=O) groups excluding carboxylic acids is 2. The van der Waals surface area contributed by atoms with Crippen LogP contribution < -0.4 is 10.2 Å². The predicted octanol–water partition coefficient (Wildman–Crippen LogP) is 4.65. The fourth-order valence-corrected chi connectivity index (χ4v) is 5.10. The molecule has 180 valence electrons. The summed E-state index contributed by atoms with van der Waals surface area (Å²) in [7, 11) is 0. The number of hydrogen-bond donors (Lipinski definition) is 1. The van der Waals surface area contributed by atoms with Gasteiger partial charge in [-0.25, -0.2) is 0 Å². The van der Waals surface area contributed by atoms with Crippen molar-refractivity contribution in [2.24, 2.45) is 0 Å². The fraction of sp³-hybridized carbons (Fsp3) is 0.148. The van der Waals surface area contributed by atoms with Crippen LogP contribution in [0, 0.1) is 28.4 Å². The molecule has 0 bridgehead atoms. The molecule has 1 aliphatic rings. The lowest BCUT2D eigenvalue weighted by Gasteiger charge is -2.19. The summed E-state index contributed by atoms with van der Waals surface area (Å²) in [5, 5.41) is 23.4. The lowest BCUT2D eigenvalue weighted by molar-refractivity contribution is -0.384. The van der Waals surface area contributed by atoms with Crippen molar-refractivity contribution in [3.63, 3.8) is 0 Å². The van der Waals surface area contributed by atoms with Crippen molar-refractivity contribution in [2.45, 2.75) is 25.1 Å². The Morgan fingerprint density at radius 3 is 2.44 bits per heavy atom. The summed E-state index contributed by atoms with van der Waals surface area (Å²) in [6.07, 6.45) is 0.210. The van der Waals surface area contributed by atoms with Crippen molar-refractivity contribution in [1.29, 1.82) is 5.26 Å². The number of nitriles is 1. The summed E-state index contributed by atoms with van der Waals surface area (Å²) in [6.45, 7) is 2.16. The lowest BCUT2D eigenvalue weighted by atomic mass is 10.1. The second kappa shape index (κ2) is 10.9. The van der Waals surface area contributed by atoms with Gasteiger partial charge in [0.15, 0.2) is 0 Å². The highest BCUT2D eigenvalue weighted by Gasteiger charge is 2.40. The van der Waals surface area contributed by atoms with Crippen molar-refractivity contribution in [3.8, 4) is 6.07 Å². The molecule has 1 heterocycles. The Balaban J connectivity index is 1.67. The van der Waals surface area contributed by atoms with Crippen LogP contribution in [0.1, 0.15) is 16.7 Å². The van der Waals surface area contributed by atoms with Gasteiger partial charge >= 0.3 is 0 Å². The molecular weight excluding hydrogens is 476 g/mol. The van der Waals surface area contributed by atoms with Gasteiger partial charge in [0.2, 0.25) is 5.91 Å². The van der Waals surface area contributed by atoms with Crippen molar-refractivity contribution in [3.05, 3.63) is 116 Å². The van der Waals surface area contributed by atoms with E-state index in [1.807, 2.05) is 55.5 Å². The minimum absolute atomic E-state index is 0.0629. The van der Waals surface area contributed by atoms with E-state index in [2.05, 4.69) is 5.32 Å². The first-order chi connectivity index (χ1) is 17.4. The number of anilines is 1. The highest BCUT2D eigenvalue weighted by atomic mass is 32.2. The fourth-order valence-electron chi connectivity index (χ4n) is 3.79. The standard InChI is InChI=1S/C27H22N4O4S/c1-18-10-12-21(13-11-18)30-26(33)24(15-20-8-5-9-22(14-20)31(34)35)36-27(30)23(16-28)25(32)29-17-19-6-3-2-4-7-19/h2-14,24H,15,17H2,1H3,(H,29,32)/b27-23+/t24-/m0/s1. The van der Waals surface area contributed by atoms with Crippen LogP contribution in [0.5, 0.6) is 0 Å². The largest absolute Gasteiger partial charge is 0.347 e. The minimum Gasteiger partial charge on any atom is -0.347 e. The average Bonchev–Trinajstić information content (AvgIpc) is 3.19. The molecule has 8 nitrogen and oxygen atoms in total. The maximum Gasteiger partial charge on any atom is 0.269 e. The van der Waals surface area contributed by atoms with Crippen LogP contribution >= 0.6 is 11.8 Å². The highest BCUT2D eigenvalue weighted by Crippen LogP contribution is 2.42. The number of non-ortho nitro benzene ring substituents is 1. The van der Waals surface area contributed by atoms with Gasteiger partial charge < -0.3 is 5.32 Å².